The monoisotopic (exact) mass is 295 g/mol. The van der Waals surface area contributed by atoms with E-state index >= 15 is 0 Å². The van der Waals surface area contributed by atoms with Crippen molar-refractivity contribution in [3.8, 4) is 0 Å². The Bertz CT molecular complexity index is 537. The van der Waals surface area contributed by atoms with Crippen LogP contribution < -0.4 is 16.4 Å². The van der Waals surface area contributed by atoms with Crippen molar-refractivity contribution >= 4 is 28.9 Å². The molecule has 110 valence electrons. The van der Waals surface area contributed by atoms with Crippen LogP contribution in [0.1, 0.15) is 37.6 Å². The fourth-order valence-corrected chi connectivity index (χ4v) is 3.15. The standard InChI is InChI=1S/C15H22ClN3O/c1-15(2,3)9-4-5-19(8-9)13-11(14(18)20)6-10(17)7-12(13)16/h6-7,9H,4-5,8,17H2,1-3H3,(H2,18,20). The molecule has 1 aliphatic rings. The van der Waals surface area contributed by atoms with Gasteiger partial charge in [-0.15, -0.1) is 0 Å². The fraction of sp³-hybridized carbons (Fsp3) is 0.533. The smallest absolute Gasteiger partial charge is 0.250 e. The summed E-state index contributed by atoms with van der Waals surface area (Å²) < 4.78 is 0. The van der Waals surface area contributed by atoms with E-state index in [9.17, 15) is 4.79 Å². The summed E-state index contributed by atoms with van der Waals surface area (Å²) in [5.74, 6) is 0.0743. The van der Waals surface area contributed by atoms with Crippen LogP contribution in [0.5, 0.6) is 0 Å². The van der Waals surface area contributed by atoms with Gasteiger partial charge >= 0.3 is 0 Å². The topological polar surface area (TPSA) is 72.3 Å². The summed E-state index contributed by atoms with van der Waals surface area (Å²) in [5.41, 5.74) is 13.0. The molecule has 0 radical (unpaired) electrons. The van der Waals surface area contributed by atoms with E-state index in [1.54, 1.807) is 12.1 Å². The summed E-state index contributed by atoms with van der Waals surface area (Å²) in [6.07, 6.45) is 1.09. The number of primary amides is 1. The summed E-state index contributed by atoms with van der Waals surface area (Å²) in [4.78, 5) is 13.8. The third-order valence-electron chi connectivity index (χ3n) is 4.08. The van der Waals surface area contributed by atoms with Crippen molar-refractivity contribution < 1.29 is 4.79 Å². The number of hydrogen-bond donors (Lipinski definition) is 2. The van der Waals surface area contributed by atoms with Crippen LogP contribution >= 0.6 is 11.6 Å². The fourth-order valence-electron chi connectivity index (χ4n) is 2.80. The van der Waals surface area contributed by atoms with Crippen molar-refractivity contribution in [3.05, 3.63) is 22.7 Å². The molecule has 0 saturated carbocycles. The van der Waals surface area contributed by atoms with Crippen LogP contribution in [0, 0.1) is 11.3 Å². The molecular weight excluding hydrogens is 274 g/mol. The molecule has 20 heavy (non-hydrogen) atoms. The van der Waals surface area contributed by atoms with E-state index in [0.29, 0.717) is 22.2 Å². The van der Waals surface area contributed by atoms with Crippen molar-refractivity contribution in [1.82, 2.24) is 0 Å². The van der Waals surface area contributed by atoms with E-state index in [1.807, 2.05) is 0 Å². The molecule has 1 fully saturated rings. The van der Waals surface area contributed by atoms with Gasteiger partial charge in [0, 0.05) is 18.8 Å². The lowest BCUT2D eigenvalue weighted by Crippen LogP contribution is -2.28. The number of carbonyl (C=O) groups is 1. The number of amides is 1. The molecule has 2 rings (SSSR count). The SMILES string of the molecule is CC(C)(C)C1CCN(c2c(Cl)cc(N)cc2C(N)=O)C1. The number of hydrogen-bond acceptors (Lipinski definition) is 3. The van der Waals surface area contributed by atoms with Crippen molar-refractivity contribution in [1.29, 1.82) is 0 Å². The molecule has 1 heterocycles. The molecule has 4 nitrogen and oxygen atoms in total. The summed E-state index contributed by atoms with van der Waals surface area (Å²) in [5, 5.41) is 0.494. The van der Waals surface area contributed by atoms with Gasteiger partial charge in [-0.2, -0.15) is 0 Å². The average molecular weight is 296 g/mol. The van der Waals surface area contributed by atoms with Crippen molar-refractivity contribution in [2.75, 3.05) is 23.7 Å². The van der Waals surface area contributed by atoms with Crippen molar-refractivity contribution in [2.24, 2.45) is 17.1 Å². The highest BCUT2D eigenvalue weighted by atomic mass is 35.5. The Morgan fingerprint density at radius 3 is 2.55 bits per heavy atom. The Morgan fingerprint density at radius 1 is 1.40 bits per heavy atom. The predicted molar refractivity (Wildman–Crippen MR) is 84.2 cm³/mol. The van der Waals surface area contributed by atoms with Gasteiger partial charge in [-0.05, 0) is 29.9 Å². The number of carbonyl (C=O) groups excluding carboxylic acids is 1. The highest BCUT2D eigenvalue weighted by Gasteiger charge is 2.33. The second-order valence-electron chi connectivity index (χ2n) is 6.56. The number of anilines is 2. The minimum Gasteiger partial charge on any atom is -0.399 e. The summed E-state index contributed by atoms with van der Waals surface area (Å²) in [7, 11) is 0. The van der Waals surface area contributed by atoms with E-state index in [1.165, 1.54) is 0 Å². The summed E-state index contributed by atoms with van der Waals surface area (Å²) in [6.45, 7) is 8.47. The lowest BCUT2D eigenvalue weighted by atomic mass is 9.80. The zero-order chi connectivity index (χ0) is 15.1. The first-order valence-electron chi connectivity index (χ1n) is 6.84. The van der Waals surface area contributed by atoms with Crippen LogP contribution in [-0.2, 0) is 0 Å². The van der Waals surface area contributed by atoms with Crippen molar-refractivity contribution in [2.45, 2.75) is 27.2 Å². The molecule has 1 amide bonds. The molecular formula is C15H22ClN3O. The molecule has 1 saturated heterocycles. The summed E-state index contributed by atoms with van der Waals surface area (Å²) in [6, 6.07) is 3.28. The van der Waals surface area contributed by atoms with E-state index < -0.39 is 5.91 Å². The lowest BCUT2D eigenvalue weighted by molar-refractivity contribution is 0.100. The average Bonchev–Trinajstić information content (AvgIpc) is 2.76. The first kappa shape index (κ1) is 15.0. The normalized spacial score (nSPS) is 19.4. The first-order valence-corrected chi connectivity index (χ1v) is 7.21. The number of nitrogens with two attached hydrogens (primary N) is 2. The Hall–Kier alpha value is -1.42. The number of rotatable bonds is 2. The molecule has 0 aliphatic carbocycles. The van der Waals surface area contributed by atoms with Crippen LogP contribution in [0.2, 0.25) is 5.02 Å². The number of nitrogens with zero attached hydrogens (tertiary/aromatic N) is 1. The molecule has 1 aromatic rings. The Morgan fingerprint density at radius 2 is 2.05 bits per heavy atom. The zero-order valence-corrected chi connectivity index (χ0v) is 13.0. The number of halogens is 1. The van der Waals surface area contributed by atoms with E-state index in [-0.39, 0.29) is 5.41 Å². The Kier molecular flexibility index (Phi) is 3.87. The second kappa shape index (κ2) is 5.17. The minimum atomic E-state index is -0.492. The third kappa shape index (κ3) is 2.85. The molecule has 0 spiro atoms. The van der Waals surface area contributed by atoms with E-state index in [4.69, 9.17) is 23.1 Å². The Balaban J connectivity index is 2.37. The van der Waals surface area contributed by atoms with Gasteiger partial charge in [0.1, 0.15) is 0 Å². The lowest BCUT2D eigenvalue weighted by Gasteiger charge is -2.28. The maximum Gasteiger partial charge on any atom is 0.250 e. The van der Waals surface area contributed by atoms with E-state index in [0.717, 1.165) is 25.2 Å². The van der Waals surface area contributed by atoms with Gasteiger partial charge in [0.25, 0.3) is 5.91 Å². The maximum atomic E-state index is 11.6. The number of nitrogen functional groups attached to an aromatic ring is 1. The van der Waals surface area contributed by atoms with Crippen LogP contribution in [0.4, 0.5) is 11.4 Å². The largest absolute Gasteiger partial charge is 0.399 e. The molecule has 1 atom stereocenters. The molecule has 0 bridgehead atoms. The Labute approximate surface area is 125 Å². The molecule has 1 aliphatic heterocycles. The molecule has 1 unspecified atom stereocenters. The molecule has 5 heteroatoms. The third-order valence-corrected chi connectivity index (χ3v) is 4.37. The van der Waals surface area contributed by atoms with Crippen LogP contribution in [0.25, 0.3) is 0 Å². The van der Waals surface area contributed by atoms with Crippen LogP contribution in [0.15, 0.2) is 12.1 Å². The van der Waals surface area contributed by atoms with Crippen LogP contribution in [-0.4, -0.2) is 19.0 Å². The van der Waals surface area contributed by atoms with Gasteiger partial charge in [0.2, 0.25) is 0 Å². The molecule has 0 aromatic heterocycles. The maximum absolute atomic E-state index is 11.6. The quantitative estimate of drug-likeness (QED) is 0.824. The predicted octanol–water partition coefficient (Wildman–Crippen LogP) is 2.89. The van der Waals surface area contributed by atoms with Gasteiger partial charge < -0.3 is 16.4 Å². The van der Waals surface area contributed by atoms with Gasteiger partial charge in [-0.3, -0.25) is 4.79 Å². The van der Waals surface area contributed by atoms with E-state index in [2.05, 4.69) is 25.7 Å². The van der Waals surface area contributed by atoms with Gasteiger partial charge in [0.15, 0.2) is 0 Å². The highest BCUT2D eigenvalue weighted by Crippen LogP contribution is 2.40. The number of benzene rings is 1. The highest BCUT2D eigenvalue weighted by molar-refractivity contribution is 6.34. The van der Waals surface area contributed by atoms with Gasteiger partial charge in [-0.1, -0.05) is 32.4 Å². The minimum absolute atomic E-state index is 0.238. The molecule has 1 aromatic carbocycles. The summed E-state index contributed by atoms with van der Waals surface area (Å²) >= 11 is 6.29. The van der Waals surface area contributed by atoms with Gasteiger partial charge in [-0.25, -0.2) is 0 Å². The molecule has 4 N–H and O–H groups in total. The van der Waals surface area contributed by atoms with Crippen LogP contribution in [0.3, 0.4) is 0 Å². The zero-order valence-electron chi connectivity index (χ0n) is 12.2. The second-order valence-corrected chi connectivity index (χ2v) is 6.97. The van der Waals surface area contributed by atoms with Crippen molar-refractivity contribution in [3.63, 3.8) is 0 Å². The van der Waals surface area contributed by atoms with Gasteiger partial charge in [0.05, 0.1) is 16.3 Å². The first-order chi connectivity index (χ1) is 9.20.